The minimum atomic E-state index is -0.364. The predicted octanol–water partition coefficient (Wildman–Crippen LogP) is 3.24. The summed E-state index contributed by atoms with van der Waals surface area (Å²) in [7, 11) is 1.37. The first kappa shape index (κ1) is 13.5. The molecule has 5 heteroatoms. The van der Waals surface area contributed by atoms with E-state index in [1.165, 1.54) is 7.11 Å². The second-order valence-electron chi connectivity index (χ2n) is 3.90. The topological polar surface area (TPSA) is 51.2 Å². The first-order valence-electron chi connectivity index (χ1n) is 5.71. The van der Waals surface area contributed by atoms with Gasteiger partial charge in [0.2, 0.25) is 0 Å². The van der Waals surface area contributed by atoms with Gasteiger partial charge in [0, 0.05) is 29.1 Å². The molecule has 98 valence electrons. The third-order valence-corrected chi connectivity index (χ3v) is 3.28. The summed E-state index contributed by atoms with van der Waals surface area (Å²) in [4.78, 5) is 15.6. The van der Waals surface area contributed by atoms with Crippen molar-refractivity contribution in [2.45, 2.75) is 6.54 Å². The van der Waals surface area contributed by atoms with Crippen molar-refractivity contribution in [2.24, 2.45) is 0 Å². The van der Waals surface area contributed by atoms with Crippen molar-refractivity contribution < 1.29 is 9.53 Å². The molecule has 2 aromatic rings. The van der Waals surface area contributed by atoms with Gasteiger partial charge in [-0.2, -0.15) is 0 Å². The molecular weight excluding hydrogens is 308 g/mol. The summed E-state index contributed by atoms with van der Waals surface area (Å²) < 4.78 is 5.44. The van der Waals surface area contributed by atoms with Crippen LogP contribution < -0.4 is 5.32 Å². The molecule has 0 aliphatic carbocycles. The Morgan fingerprint density at radius 3 is 2.95 bits per heavy atom. The largest absolute Gasteiger partial charge is 0.465 e. The molecule has 0 aliphatic heterocycles. The van der Waals surface area contributed by atoms with Crippen molar-refractivity contribution in [3.63, 3.8) is 0 Å². The SMILES string of the molecule is COC(=O)c1cc(NCc2cccnc2)ccc1Br. The number of benzene rings is 1. The molecule has 0 saturated heterocycles. The average Bonchev–Trinajstić information content (AvgIpc) is 2.46. The summed E-state index contributed by atoms with van der Waals surface area (Å²) in [6.45, 7) is 0.649. The molecule has 0 bridgehead atoms. The number of esters is 1. The van der Waals surface area contributed by atoms with Gasteiger partial charge in [-0.05, 0) is 45.8 Å². The van der Waals surface area contributed by atoms with Crippen molar-refractivity contribution in [1.29, 1.82) is 0 Å². The third-order valence-electron chi connectivity index (χ3n) is 2.59. The Morgan fingerprint density at radius 1 is 1.42 bits per heavy atom. The normalized spacial score (nSPS) is 10.0. The van der Waals surface area contributed by atoms with Crippen molar-refractivity contribution in [3.05, 3.63) is 58.3 Å². The van der Waals surface area contributed by atoms with E-state index in [0.717, 1.165) is 11.3 Å². The molecule has 1 aromatic heterocycles. The van der Waals surface area contributed by atoms with E-state index in [9.17, 15) is 4.79 Å². The van der Waals surface area contributed by atoms with Crippen LogP contribution in [0.3, 0.4) is 0 Å². The molecule has 0 unspecified atom stereocenters. The van der Waals surface area contributed by atoms with Crippen molar-refractivity contribution in [1.82, 2.24) is 4.98 Å². The Bertz CT molecular complexity index is 573. The number of ether oxygens (including phenoxy) is 1. The number of nitrogens with zero attached hydrogens (tertiary/aromatic N) is 1. The Morgan fingerprint density at radius 2 is 2.26 bits per heavy atom. The number of rotatable bonds is 4. The Kier molecular flexibility index (Phi) is 4.52. The summed E-state index contributed by atoms with van der Waals surface area (Å²) in [5.41, 5.74) is 2.43. The van der Waals surface area contributed by atoms with Crippen LogP contribution in [0.2, 0.25) is 0 Å². The van der Waals surface area contributed by atoms with Gasteiger partial charge in [-0.1, -0.05) is 6.07 Å². The maximum Gasteiger partial charge on any atom is 0.339 e. The molecule has 0 radical (unpaired) electrons. The fraction of sp³-hybridized carbons (Fsp3) is 0.143. The molecule has 4 nitrogen and oxygen atoms in total. The summed E-state index contributed by atoms with van der Waals surface area (Å²) in [6, 6.07) is 9.34. The number of pyridine rings is 1. The average molecular weight is 321 g/mol. The van der Waals surface area contributed by atoms with E-state index in [0.29, 0.717) is 16.6 Å². The molecule has 0 fully saturated rings. The first-order valence-corrected chi connectivity index (χ1v) is 6.50. The van der Waals surface area contributed by atoms with E-state index in [1.54, 1.807) is 18.5 Å². The number of hydrogen-bond donors (Lipinski definition) is 1. The van der Waals surface area contributed by atoms with Gasteiger partial charge in [0.05, 0.1) is 12.7 Å². The second-order valence-corrected chi connectivity index (χ2v) is 4.76. The lowest BCUT2D eigenvalue weighted by Crippen LogP contribution is -2.05. The van der Waals surface area contributed by atoms with Gasteiger partial charge in [0.15, 0.2) is 0 Å². The number of aromatic nitrogens is 1. The Hall–Kier alpha value is -1.88. The maximum absolute atomic E-state index is 11.6. The van der Waals surface area contributed by atoms with Crippen LogP contribution in [0.5, 0.6) is 0 Å². The highest BCUT2D eigenvalue weighted by atomic mass is 79.9. The highest BCUT2D eigenvalue weighted by Crippen LogP contribution is 2.22. The van der Waals surface area contributed by atoms with Crippen LogP contribution in [0.1, 0.15) is 15.9 Å². The summed E-state index contributed by atoms with van der Waals surface area (Å²) in [6.07, 6.45) is 3.53. The molecule has 2 rings (SSSR count). The van der Waals surface area contributed by atoms with Crippen LogP contribution in [0, 0.1) is 0 Å². The minimum Gasteiger partial charge on any atom is -0.465 e. The molecule has 1 heterocycles. The van der Waals surface area contributed by atoms with Crippen LogP contribution in [-0.4, -0.2) is 18.1 Å². The van der Waals surface area contributed by atoms with E-state index < -0.39 is 0 Å². The summed E-state index contributed by atoms with van der Waals surface area (Å²) >= 11 is 3.33. The lowest BCUT2D eigenvalue weighted by Gasteiger charge is -2.09. The molecule has 1 N–H and O–H groups in total. The van der Waals surface area contributed by atoms with Crippen LogP contribution in [-0.2, 0) is 11.3 Å². The summed E-state index contributed by atoms with van der Waals surface area (Å²) in [5.74, 6) is -0.364. The monoisotopic (exact) mass is 320 g/mol. The smallest absolute Gasteiger partial charge is 0.339 e. The van der Waals surface area contributed by atoms with E-state index in [-0.39, 0.29) is 5.97 Å². The van der Waals surface area contributed by atoms with Crippen LogP contribution >= 0.6 is 15.9 Å². The van der Waals surface area contributed by atoms with Gasteiger partial charge in [-0.25, -0.2) is 4.79 Å². The van der Waals surface area contributed by atoms with Crippen molar-refractivity contribution in [2.75, 3.05) is 12.4 Å². The molecule has 1 aromatic carbocycles. The van der Waals surface area contributed by atoms with Crippen molar-refractivity contribution in [3.8, 4) is 0 Å². The van der Waals surface area contributed by atoms with Crippen molar-refractivity contribution >= 4 is 27.6 Å². The molecule has 0 spiro atoms. The lowest BCUT2D eigenvalue weighted by atomic mass is 10.2. The molecule has 0 saturated carbocycles. The van der Waals surface area contributed by atoms with Crippen LogP contribution in [0.4, 0.5) is 5.69 Å². The number of methoxy groups -OCH3 is 1. The lowest BCUT2D eigenvalue weighted by molar-refractivity contribution is 0.0600. The molecule has 0 atom stereocenters. The van der Waals surface area contributed by atoms with E-state index in [1.807, 2.05) is 24.3 Å². The van der Waals surface area contributed by atoms with E-state index in [4.69, 9.17) is 4.74 Å². The number of halogens is 1. The second kappa shape index (κ2) is 6.33. The zero-order chi connectivity index (χ0) is 13.7. The highest BCUT2D eigenvalue weighted by Gasteiger charge is 2.10. The van der Waals surface area contributed by atoms with E-state index in [2.05, 4.69) is 26.2 Å². The molecule has 0 amide bonds. The zero-order valence-electron chi connectivity index (χ0n) is 10.4. The zero-order valence-corrected chi connectivity index (χ0v) is 12.0. The molecular formula is C14H13BrN2O2. The van der Waals surface area contributed by atoms with Gasteiger partial charge in [-0.15, -0.1) is 0 Å². The van der Waals surface area contributed by atoms with E-state index >= 15 is 0 Å². The quantitative estimate of drug-likeness (QED) is 0.879. The maximum atomic E-state index is 11.6. The highest BCUT2D eigenvalue weighted by molar-refractivity contribution is 9.10. The minimum absolute atomic E-state index is 0.364. The molecule has 0 aliphatic rings. The fourth-order valence-electron chi connectivity index (χ4n) is 1.61. The fourth-order valence-corrected chi connectivity index (χ4v) is 2.02. The Labute approximate surface area is 119 Å². The van der Waals surface area contributed by atoms with Gasteiger partial charge < -0.3 is 10.1 Å². The van der Waals surface area contributed by atoms with Gasteiger partial charge in [0.25, 0.3) is 0 Å². The van der Waals surface area contributed by atoms with Gasteiger partial charge in [-0.3, -0.25) is 4.98 Å². The first-order chi connectivity index (χ1) is 9.20. The predicted molar refractivity (Wildman–Crippen MR) is 77.0 cm³/mol. The standard InChI is InChI=1S/C14H13BrN2O2/c1-19-14(18)12-7-11(4-5-13(12)15)17-9-10-3-2-6-16-8-10/h2-8,17H,9H2,1H3. The van der Waals surface area contributed by atoms with Gasteiger partial charge >= 0.3 is 5.97 Å². The third kappa shape index (κ3) is 3.54. The van der Waals surface area contributed by atoms with Crippen LogP contribution in [0.15, 0.2) is 47.2 Å². The Balaban J connectivity index is 2.11. The number of anilines is 1. The number of hydrogen-bond acceptors (Lipinski definition) is 4. The van der Waals surface area contributed by atoms with Crippen LogP contribution in [0.25, 0.3) is 0 Å². The summed E-state index contributed by atoms with van der Waals surface area (Å²) in [5, 5.41) is 3.24. The van der Waals surface area contributed by atoms with Gasteiger partial charge in [0.1, 0.15) is 0 Å². The number of nitrogens with one attached hydrogen (secondary N) is 1. The molecule has 19 heavy (non-hydrogen) atoms. The number of carbonyl (C=O) groups excluding carboxylic acids is 1. The number of carbonyl (C=O) groups is 1.